The summed E-state index contributed by atoms with van der Waals surface area (Å²) < 4.78 is 0.432. The number of aromatic amines is 1. The van der Waals surface area contributed by atoms with Crippen LogP contribution in [0.25, 0.3) is 0 Å². The minimum Gasteiger partial charge on any atom is -0.369 e. The Morgan fingerprint density at radius 1 is 1.79 bits per heavy atom. The van der Waals surface area contributed by atoms with E-state index in [1.54, 1.807) is 0 Å². The predicted molar refractivity (Wildman–Crippen MR) is 60.5 cm³/mol. The first-order valence-corrected chi connectivity index (χ1v) is 5.02. The van der Waals surface area contributed by atoms with Gasteiger partial charge in [0.2, 0.25) is 0 Å². The normalized spacial score (nSPS) is 9.86. The van der Waals surface area contributed by atoms with Gasteiger partial charge in [0.15, 0.2) is 0 Å². The zero-order valence-corrected chi connectivity index (χ0v) is 9.52. The van der Waals surface area contributed by atoms with Gasteiger partial charge in [0.25, 0.3) is 5.56 Å². The molecule has 0 aliphatic rings. The summed E-state index contributed by atoms with van der Waals surface area (Å²) in [5.74, 6) is 0.565. The molecule has 2 N–H and O–H groups in total. The Bertz CT molecular complexity index is 386. The molecule has 0 bridgehead atoms. The van der Waals surface area contributed by atoms with Gasteiger partial charge in [-0.2, -0.15) is 0 Å². The van der Waals surface area contributed by atoms with Crippen molar-refractivity contribution in [2.24, 2.45) is 0 Å². The van der Waals surface area contributed by atoms with E-state index < -0.39 is 0 Å². The second kappa shape index (κ2) is 4.95. The summed E-state index contributed by atoms with van der Waals surface area (Å²) in [6.07, 6.45) is 2.23. The molecule has 0 amide bonds. The summed E-state index contributed by atoms with van der Waals surface area (Å²) in [4.78, 5) is 17.6. The van der Waals surface area contributed by atoms with Crippen LogP contribution in [0.5, 0.6) is 0 Å². The smallest absolute Gasteiger partial charge is 0.267 e. The van der Waals surface area contributed by atoms with Crippen LogP contribution in [0, 0.1) is 0 Å². The lowest BCUT2D eigenvalue weighted by atomic mass is 10.2. The maximum Gasteiger partial charge on any atom is 0.267 e. The van der Waals surface area contributed by atoms with Crippen LogP contribution in [0.1, 0.15) is 13.3 Å². The van der Waals surface area contributed by atoms with Gasteiger partial charge in [0.1, 0.15) is 10.3 Å². The van der Waals surface area contributed by atoms with Crippen molar-refractivity contribution in [2.45, 2.75) is 13.3 Å². The van der Waals surface area contributed by atoms with Gasteiger partial charge in [-0.1, -0.05) is 5.57 Å². The maximum atomic E-state index is 11.1. The number of rotatable bonds is 4. The monoisotopic (exact) mass is 257 g/mol. The fourth-order valence-electron chi connectivity index (χ4n) is 0.901. The van der Waals surface area contributed by atoms with E-state index in [0.717, 1.165) is 18.5 Å². The molecule has 0 saturated carbocycles. The number of hydrogen-bond donors (Lipinski definition) is 2. The molecule has 5 heteroatoms. The Balaban J connectivity index is 2.63. The van der Waals surface area contributed by atoms with Gasteiger partial charge in [0, 0.05) is 6.54 Å². The van der Waals surface area contributed by atoms with Gasteiger partial charge in [-0.25, -0.2) is 4.98 Å². The topological polar surface area (TPSA) is 57.8 Å². The van der Waals surface area contributed by atoms with Gasteiger partial charge >= 0.3 is 0 Å². The van der Waals surface area contributed by atoms with E-state index in [4.69, 9.17) is 0 Å². The Hall–Kier alpha value is -1.10. The average Bonchev–Trinajstić information content (AvgIpc) is 2.12. The molecule has 0 atom stereocenters. The summed E-state index contributed by atoms with van der Waals surface area (Å²) in [5, 5.41) is 3.05. The fraction of sp³-hybridized carbons (Fsp3) is 0.333. The molecule has 0 aromatic carbocycles. The molecule has 0 saturated heterocycles. The largest absolute Gasteiger partial charge is 0.369 e. The maximum absolute atomic E-state index is 11.1. The van der Waals surface area contributed by atoms with E-state index >= 15 is 0 Å². The summed E-state index contributed by atoms with van der Waals surface area (Å²) in [6, 6.07) is 0. The first-order valence-electron chi connectivity index (χ1n) is 4.22. The van der Waals surface area contributed by atoms with Gasteiger partial charge < -0.3 is 10.3 Å². The van der Waals surface area contributed by atoms with E-state index in [0.29, 0.717) is 10.3 Å². The number of anilines is 1. The number of nitrogens with zero attached hydrogens (tertiary/aromatic N) is 1. The minimum absolute atomic E-state index is 0.183. The van der Waals surface area contributed by atoms with Crippen molar-refractivity contribution in [3.63, 3.8) is 0 Å². The number of halogens is 1. The van der Waals surface area contributed by atoms with Crippen molar-refractivity contribution >= 4 is 21.7 Å². The van der Waals surface area contributed by atoms with Crippen LogP contribution in [0.15, 0.2) is 27.7 Å². The zero-order valence-electron chi connectivity index (χ0n) is 7.93. The summed E-state index contributed by atoms with van der Waals surface area (Å²) >= 11 is 3.16. The first kappa shape index (κ1) is 11.0. The lowest BCUT2D eigenvalue weighted by Gasteiger charge is -2.05. The molecule has 1 heterocycles. The van der Waals surface area contributed by atoms with E-state index in [-0.39, 0.29) is 5.56 Å². The van der Waals surface area contributed by atoms with E-state index in [1.165, 1.54) is 6.33 Å². The van der Waals surface area contributed by atoms with Gasteiger partial charge in [-0.05, 0) is 29.3 Å². The van der Waals surface area contributed by atoms with Crippen molar-refractivity contribution in [3.05, 3.63) is 33.3 Å². The molecular weight excluding hydrogens is 246 g/mol. The lowest BCUT2D eigenvalue weighted by Crippen LogP contribution is -2.12. The summed E-state index contributed by atoms with van der Waals surface area (Å²) in [6.45, 7) is 6.47. The molecule has 0 unspecified atom stereocenters. The molecular formula is C9H12BrN3O. The molecule has 1 rings (SSSR count). The Labute approximate surface area is 90.6 Å². The predicted octanol–water partition coefficient (Wildman–Crippen LogP) is 1.91. The highest BCUT2D eigenvalue weighted by atomic mass is 79.9. The van der Waals surface area contributed by atoms with Crippen LogP contribution in [0.2, 0.25) is 0 Å². The van der Waals surface area contributed by atoms with Crippen LogP contribution >= 0.6 is 15.9 Å². The van der Waals surface area contributed by atoms with Crippen molar-refractivity contribution < 1.29 is 0 Å². The first-order chi connectivity index (χ1) is 6.61. The molecule has 76 valence electrons. The third-order valence-corrected chi connectivity index (χ3v) is 2.38. The summed E-state index contributed by atoms with van der Waals surface area (Å²) in [7, 11) is 0. The van der Waals surface area contributed by atoms with Crippen LogP contribution in [0.4, 0.5) is 5.82 Å². The van der Waals surface area contributed by atoms with Crippen molar-refractivity contribution in [1.82, 2.24) is 9.97 Å². The Morgan fingerprint density at radius 2 is 2.50 bits per heavy atom. The van der Waals surface area contributed by atoms with Gasteiger partial charge in [0.05, 0.1) is 6.33 Å². The lowest BCUT2D eigenvalue weighted by molar-refractivity contribution is 0.977. The third-order valence-electron chi connectivity index (χ3n) is 1.64. The molecule has 0 spiro atoms. The highest BCUT2D eigenvalue weighted by Gasteiger charge is 2.03. The molecule has 0 radical (unpaired) electrons. The van der Waals surface area contributed by atoms with E-state index in [1.807, 2.05) is 6.92 Å². The molecule has 1 aromatic heterocycles. The Kier molecular flexibility index (Phi) is 3.88. The number of hydrogen-bond acceptors (Lipinski definition) is 3. The van der Waals surface area contributed by atoms with Gasteiger partial charge in [-0.3, -0.25) is 4.79 Å². The number of nitrogens with one attached hydrogen (secondary N) is 2. The highest BCUT2D eigenvalue weighted by molar-refractivity contribution is 9.10. The van der Waals surface area contributed by atoms with Crippen molar-refractivity contribution in [3.8, 4) is 0 Å². The average molecular weight is 258 g/mol. The molecule has 14 heavy (non-hydrogen) atoms. The molecule has 1 aromatic rings. The quantitative estimate of drug-likeness (QED) is 0.811. The molecule has 0 fully saturated rings. The van der Waals surface area contributed by atoms with Gasteiger partial charge in [-0.15, -0.1) is 6.58 Å². The molecule has 4 nitrogen and oxygen atoms in total. The van der Waals surface area contributed by atoms with Crippen LogP contribution in [-0.4, -0.2) is 16.5 Å². The van der Waals surface area contributed by atoms with Crippen LogP contribution in [-0.2, 0) is 0 Å². The van der Waals surface area contributed by atoms with Crippen molar-refractivity contribution in [2.75, 3.05) is 11.9 Å². The van der Waals surface area contributed by atoms with Crippen molar-refractivity contribution in [1.29, 1.82) is 0 Å². The number of aromatic nitrogens is 2. The SMILES string of the molecule is C=C(C)CCNc1nc[nH]c(=O)c1Br. The van der Waals surface area contributed by atoms with Crippen LogP contribution < -0.4 is 10.9 Å². The second-order valence-corrected chi connectivity index (χ2v) is 3.82. The fourth-order valence-corrected chi connectivity index (χ4v) is 1.26. The summed E-state index contributed by atoms with van der Waals surface area (Å²) in [5.41, 5.74) is 0.913. The number of H-pyrrole nitrogens is 1. The minimum atomic E-state index is -0.183. The standard InChI is InChI=1S/C9H12BrN3O/c1-6(2)3-4-11-8-7(10)9(14)13-5-12-8/h5H,1,3-4H2,2H3,(H2,11,12,13,14). The third kappa shape index (κ3) is 2.99. The van der Waals surface area contributed by atoms with Crippen LogP contribution in [0.3, 0.4) is 0 Å². The molecule has 0 aliphatic heterocycles. The second-order valence-electron chi connectivity index (χ2n) is 3.03. The zero-order chi connectivity index (χ0) is 10.6. The molecule has 0 aliphatic carbocycles. The van der Waals surface area contributed by atoms with E-state index in [2.05, 4.69) is 37.8 Å². The highest BCUT2D eigenvalue weighted by Crippen LogP contribution is 2.13. The van der Waals surface area contributed by atoms with E-state index in [9.17, 15) is 4.79 Å². The Morgan fingerprint density at radius 3 is 3.14 bits per heavy atom.